The van der Waals surface area contributed by atoms with E-state index in [1.807, 2.05) is 36.5 Å². The Hall–Kier alpha value is -1.72. The third-order valence-electron chi connectivity index (χ3n) is 4.30. The number of benzene rings is 1. The molecule has 0 amide bonds. The summed E-state index contributed by atoms with van der Waals surface area (Å²) in [6, 6.07) is 10.3. The number of nitrogens with two attached hydrogens (primary N) is 1. The summed E-state index contributed by atoms with van der Waals surface area (Å²) in [7, 11) is 0. The molecule has 5 nitrogen and oxygen atoms in total. The van der Waals surface area contributed by atoms with Gasteiger partial charge in [0.1, 0.15) is 0 Å². The first-order valence-corrected chi connectivity index (χ1v) is 7.49. The molecule has 112 valence electrons. The molecule has 0 bridgehead atoms. The highest BCUT2D eigenvalue weighted by Gasteiger charge is 2.33. The summed E-state index contributed by atoms with van der Waals surface area (Å²) in [5.41, 5.74) is 8.35. The molecule has 0 spiro atoms. The van der Waals surface area contributed by atoms with Gasteiger partial charge in [-0.2, -0.15) is 15.0 Å². The Balaban J connectivity index is 1.68. The highest BCUT2D eigenvalue weighted by Crippen LogP contribution is 2.28. The van der Waals surface area contributed by atoms with Crippen LogP contribution in [-0.2, 0) is 6.54 Å². The smallest absolute Gasteiger partial charge is 0.0971 e. The molecule has 21 heavy (non-hydrogen) atoms. The summed E-state index contributed by atoms with van der Waals surface area (Å²) < 4.78 is 0. The van der Waals surface area contributed by atoms with E-state index in [0.29, 0.717) is 0 Å². The standard InChI is InChI=1S/C16H23N5/c1-16(2)12-20(9-8-15(16)17)11-13-10-18-21(19-13)14-6-4-3-5-7-14/h3-7,10,15H,8-9,11-12,17H2,1-2H3. The first-order chi connectivity index (χ1) is 10.0. The molecule has 1 aromatic carbocycles. The zero-order valence-electron chi connectivity index (χ0n) is 12.7. The number of likely N-dealkylation sites (tertiary alicyclic amines) is 1. The number of rotatable bonds is 3. The van der Waals surface area contributed by atoms with Crippen LogP contribution in [0.1, 0.15) is 26.0 Å². The molecule has 0 saturated carbocycles. The fraction of sp³-hybridized carbons (Fsp3) is 0.500. The zero-order chi connectivity index (χ0) is 14.9. The second-order valence-corrected chi connectivity index (χ2v) is 6.56. The molecule has 5 heteroatoms. The molecule has 3 rings (SSSR count). The van der Waals surface area contributed by atoms with E-state index in [1.165, 1.54) is 0 Å². The summed E-state index contributed by atoms with van der Waals surface area (Å²) in [6.07, 6.45) is 2.90. The molecule has 2 heterocycles. The largest absolute Gasteiger partial charge is 0.327 e. The quantitative estimate of drug-likeness (QED) is 0.934. The summed E-state index contributed by atoms with van der Waals surface area (Å²) in [4.78, 5) is 4.11. The Morgan fingerprint density at radius 1 is 1.29 bits per heavy atom. The Labute approximate surface area is 125 Å². The average Bonchev–Trinajstić information content (AvgIpc) is 2.92. The van der Waals surface area contributed by atoms with E-state index in [2.05, 4.69) is 28.9 Å². The van der Waals surface area contributed by atoms with E-state index in [9.17, 15) is 0 Å². The van der Waals surface area contributed by atoms with Crippen molar-refractivity contribution in [3.8, 4) is 5.69 Å². The van der Waals surface area contributed by atoms with E-state index < -0.39 is 0 Å². The molecule has 2 N–H and O–H groups in total. The molecule has 1 saturated heterocycles. The minimum absolute atomic E-state index is 0.160. The molecule has 1 fully saturated rings. The van der Waals surface area contributed by atoms with Crippen LogP contribution >= 0.6 is 0 Å². The lowest BCUT2D eigenvalue weighted by atomic mass is 9.80. The van der Waals surface area contributed by atoms with Gasteiger partial charge >= 0.3 is 0 Å². The van der Waals surface area contributed by atoms with Crippen LogP contribution < -0.4 is 5.73 Å². The number of nitrogens with zero attached hydrogens (tertiary/aromatic N) is 4. The number of piperidine rings is 1. The van der Waals surface area contributed by atoms with Crippen molar-refractivity contribution in [2.45, 2.75) is 32.9 Å². The Morgan fingerprint density at radius 2 is 2.05 bits per heavy atom. The number of hydrogen-bond acceptors (Lipinski definition) is 4. The number of para-hydroxylation sites is 1. The third-order valence-corrected chi connectivity index (χ3v) is 4.30. The van der Waals surface area contributed by atoms with Crippen LogP contribution in [0.4, 0.5) is 0 Å². The molecule has 2 aromatic rings. The Bertz CT molecular complexity index is 590. The molecule has 0 radical (unpaired) electrons. The molecular formula is C16H23N5. The maximum Gasteiger partial charge on any atom is 0.0971 e. The zero-order valence-corrected chi connectivity index (χ0v) is 12.7. The van der Waals surface area contributed by atoms with Crippen molar-refractivity contribution in [2.24, 2.45) is 11.1 Å². The van der Waals surface area contributed by atoms with Gasteiger partial charge in [0.05, 0.1) is 17.6 Å². The van der Waals surface area contributed by atoms with Gasteiger partial charge in [-0.3, -0.25) is 4.90 Å². The third kappa shape index (κ3) is 3.14. The van der Waals surface area contributed by atoms with Gasteiger partial charge in [-0.05, 0) is 24.0 Å². The predicted molar refractivity (Wildman–Crippen MR) is 83.0 cm³/mol. The summed E-state index contributed by atoms with van der Waals surface area (Å²) in [6.45, 7) is 7.35. The second-order valence-electron chi connectivity index (χ2n) is 6.56. The van der Waals surface area contributed by atoms with Crippen LogP contribution in [0.25, 0.3) is 5.69 Å². The fourth-order valence-corrected chi connectivity index (χ4v) is 2.90. The average molecular weight is 285 g/mol. The van der Waals surface area contributed by atoms with Gasteiger partial charge in [0.2, 0.25) is 0 Å². The summed E-state index contributed by atoms with van der Waals surface area (Å²) in [5, 5.41) is 8.93. The van der Waals surface area contributed by atoms with Crippen molar-refractivity contribution in [1.82, 2.24) is 19.9 Å². The number of aromatic nitrogens is 3. The lowest BCUT2D eigenvalue weighted by Gasteiger charge is -2.42. The monoisotopic (exact) mass is 285 g/mol. The molecule has 1 aromatic heterocycles. The van der Waals surface area contributed by atoms with Gasteiger partial charge < -0.3 is 5.73 Å². The van der Waals surface area contributed by atoms with Crippen molar-refractivity contribution >= 4 is 0 Å². The van der Waals surface area contributed by atoms with Crippen LogP contribution in [0.2, 0.25) is 0 Å². The lowest BCUT2D eigenvalue weighted by molar-refractivity contribution is 0.0888. The minimum Gasteiger partial charge on any atom is -0.327 e. The van der Waals surface area contributed by atoms with E-state index >= 15 is 0 Å². The molecular weight excluding hydrogens is 262 g/mol. The molecule has 1 unspecified atom stereocenters. The first kappa shape index (κ1) is 14.2. The van der Waals surface area contributed by atoms with Crippen LogP contribution in [0, 0.1) is 5.41 Å². The van der Waals surface area contributed by atoms with Gasteiger partial charge in [0.25, 0.3) is 0 Å². The molecule has 0 aliphatic carbocycles. The Kier molecular flexibility index (Phi) is 3.78. The Morgan fingerprint density at radius 3 is 2.76 bits per heavy atom. The van der Waals surface area contributed by atoms with Crippen LogP contribution in [0.5, 0.6) is 0 Å². The van der Waals surface area contributed by atoms with Crippen molar-refractivity contribution in [3.63, 3.8) is 0 Å². The second kappa shape index (κ2) is 5.58. The van der Waals surface area contributed by atoms with Crippen molar-refractivity contribution in [2.75, 3.05) is 13.1 Å². The topological polar surface area (TPSA) is 60.0 Å². The van der Waals surface area contributed by atoms with Crippen LogP contribution in [-0.4, -0.2) is 39.0 Å². The normalized spacial score (nSPS) is 22.3. The van der Waals surface area contributed by atoms with Gasteiger partial charge in [-0.15, -0.1) is 0 Å². The van der Waals surface area contributed by atoms with Crippen LogP contribution in [0.3, 0.4) is 0 Å². The van der Waals surface area contributed by atoms with E-state index in [1.54, 1.807) is 4.80 Å². The fourth-order valence-electron chi connectivity index (χ4n) is 2.90. The van der Waals surface area contributed by atoms with Gasteiger partial charge in [-0.1, -0.05) is 32.0 Å². The molecule has 1 aliphatic heterocycles. The SMILES string of the molecule is CC1(C)CN(Cc2cnn(-c3ccccc3)n2)CCC1N. The van der Waals surface area contributed by atoms with Crippen LogP contribution in [0.15, 0.2) is 36.5 Å². The van der Waals surface area contributed by atoms with Crippen molar-refractivity contribution in [3.05, 3.63) is 42.2 Å². The first-order valence-electron chi connectivity index (χ1n) is 7.49. The lowest BCUT2D eigenvalue weighted by Crippen LogP contribution is -2.52. The van der Waals surface area contributed by atoms with Crippen molar-refractivity contribution in [1.29, 1.82) is 0 Å². The summed E-state index contributed by atoms with van der Waals surface area (Å²) >= 11 is 0. The minimum atomic E-state index is 0.160. The summed E-state index contributed by atoms with van der Waals surface area (Å²) in [5.74, 6) is 0. The van der Waals surface area contributed by atoms with Gasteiger partial charge in [0, 0.05) is 25.7 Å². The number of hydrogen-bond donors (Lipinski definition) is 1. The maximum absolute atomic E-state index is 6.19. The van der Waals surface area contributed by atoms with E-state index in [4.69, 9.17) is 5.73 Å². The molecule has 1 aliphatic rings. The van der Waals surface area contributed by atoms with Crippen molar-refractivity contribution < 1.29 is 0 Å². The van der Waals surface area contributed by atoms with Gasteiger partial charge in [0.15, 0.2) is 0 Å². The van der Waals surface area contributed by atoms with E-state index in [0.717, 1.165) is 37.4 Å². The molecule has 1 atom stereocenters. The van der Waals surface area contributed by atoms with Gasteiger partial charge in [-0.25, -0.2) is 0 Å². The maximum atomic E-state index is 6.19. The van der Waals surface area contributed by atoms with E-state index in [-0.39, 0.29) is 11.5 Å². The highest BCUT2D eigenvalue weighted by molar-refractivity contribution is 5.28. The predicted octanol–water partition coefficient (Wildman–Crippen LogP) is 1.83. The highest BCUT2D eigenvalue weighted by atomic mass is 15.5.